The fourth-order valence-electron chi connectivity index (χ4n) is 1.97. The first-order valence-electron chi connectivity index (χ1n) is 6.52. The number of anilines is 1. The Hall–Kier alpha value is -2.43. The molecule has 0 saturated heterocycles. The third-order valence-corrected chi connectivity index (χ3v) is 3.23. The van der Waals surface area contributed by atoms with Crippen LogP contribution < -0.4 is 10.6 Å². The maximum Gasteiger partial charge on any atom is 0.251 e. The second-order valence-corrected chi connectivity index (χ2v) is 4.68. The second-order valence-electron chi connectivity index (χ2n) is 4.68. The molecule has 1 amide bonds. The molecule has 0 aliphatic carbocycles. The summed E-state index contributed by atoms with van der Waals surface area (Å²) in [5.41, 5.74) is 2.37. The number of carbonyl (C=O) groups is 1. The lowest BCUT2D eigenvalue weighted by molar-refractivity contribution is 0.0963. The number of hydrogen-bond donors (Lipinski definition) is 2. The number of benzene rings is 2. The monoisotopic (exact) mass is 290 g/mol. The summed E-state index contributed by atoms with van der Waals surface area (Å²) in [6.45, 7) is 2.01. The van der Waals surface area contributed by atoms with E-state index in [1.54, 1.807) is 25.2 Å². The minimum atomic E-state index is -0.870. The third-order valence-electron chi connectivity index (χ3n) is 3.23. The number of amides is 1. The zero-order chi connectivity index (χ0) is 15.4. The lowest BCUT2D eigenvalue weighted by Gasteiger charge is -2.12. The van der Waals surface area contributed by atoms with Gasteiger partial charge in [-0.3, -0.25) is 4.79 Å². The van der Waals surface area contributed by atoms with Crippen molar-refractivity contribution in [2.75, 3.05) is 12.4 Å². The Morgan fingerprint density at radius 2 is 1.95 bits per heavy atom. The molecule has 0 saturated carbocycles. The van der Waals surface area contributed by atoms with Crippen molar-refractivity contribution in [3.8, 4) is 0 Å². The molecule has 0 unspecified atom stereocenters. The van der Waals surface area contributed by atoms with Gasteiger partial charge in [0.15, 0.2) is 11.6 Å². The standard InChI is InChI=1S/C16H16F2N2O/c1-10-6-7-11(16(21)19-2)8-14(10)20-9-12-4-3-5-13(17)15(12)18/h3-8,20H,9H2,1-2H3,(H,19,21). The maximum atomic E-state index is 13.6. The van der Waals surface area contributed by atoms with Gasteiger partial charge in [-0.05, 0) is 30.7 Å². The molecular formula is C16H16F2N2O. The Morgan fingerprint density at radius 1 is 1.19 bits per heavy atom. The molecule has 21 heavy (non-hydrogen) atoms. The first-order valence-corrected chi connectivity index (χ1v) is 6.52. The minimum absolute atomic E-state index is 0.141. The van der Waals surface area contributed by atoms with Crippen molar-refractivity contribution in [1.82, 2.24) is 5.32 Å². The lowest BCUT2D eigenvalue weighted by Crippen LogP contribution is -2.18. The van der Waals surface area contributed by atoms with Crippen molar-refractivity contribution in [2.45, 2.75) is 13.5 Å². The van der Waals surface area contributed by atoms with Crippen LogP contribution in [0.15, 0.2) is 36.4 Å². The summed E-state index contributed by atoms with van der Waals surface area (Å²) in [7, 11) is 1.55. The van der Waals surface area contributed by atoms with Gasteiger partial charge in [-0.1, -0.05) is 18.2 Å². The van der Waals surface area contributed by atoms with Crippen molar-refractivity contribution in [3.63, 3.8) is 0 Å². The highest BCUT2D eigenvalue weighted by molar-refractivity contribution is 5.95. The third kappa shape index (κ3) is 3.37. The van der Waals surface area contributed by atoms with E-state index in [2.05, 4.69) is 10.6 Å². The molecule has 0 atom stereocenters. The Balaban J connectivity index is 2.19. The molecule has 2 aromatic rings. The van der Waals surface area contributed by atoms with E-state index < -0.39 is 11.6 Å². The van der Waals surface area contributed by atoms with Crippen LogP contribution in [0.25, 0.3) is 0 Å². The normalized spacial score (nSPS) is 10.3. The summed E-state index contributed by atoms with van der Waals surface area (Å²) in [4.78, 5) is 11.6. The molecule has 3 nitrogen and oxygen atoms in total. The quantitative estimate of drug-likeness (QED) is 0.907. The molecule has 0 bridgehead atoms. The van der Waals surface area contributed by atoms with Crippen LogP contribution in [-0.4, -0.2) is 13.0 Å². The fraction of sp³-hybridized carbons (Fsp3) is 0.188. The molecule has 2 rings (SSSR count). The topological polar surface area (TPSA) is 41.1 Å². The number of nitrogens with one attached hydrogen (secondary N) is 2. The predicted octanol–water partition coefficient (Wildman–Crippen LogP) is 3.24. The van der Waals surface area contributed by atoms with E-state index in [0.717, 1.165) is 11.6 Å². The molecule has 0 aromatic heterocycles. The minimum Gasteiger partial charge on any atom is -0.381 e. The Labute approximate surface area is 122 Å². The highest BCUT2D eigenvalue weighted by Gasteiger charge is 2.09. The smallest absolute Gasteiger partial charge is 0.251 e. The van der Waals surface area contributed by atoms with Crippen molar-refractivity contribution in [3.05, 3.63) is 64.7 Å². The highest BCUT2D eigenvalue weighted by Crippen LogP contribution is 2.19. The van der Waals surface area contributed by atoms with Crippen molar-refractivity contribution in [1.29, 1.82) is 0 Å². The van der Waals surface area contributed by atoms with Crippen LogP contribution in [0.4, 0.5) is 14.5 Å². The van der Waals surface area contributed by atoms with Gasteiger partial charge in [-0.25, -0.2) is 8.78 Å². The molecule has 110 valence electrons. The number of aryl methyl sites for hydroxylation is 1. The van der Waals surface area contributed by atoms with Gasteiger partial charge in [0.2, 0.25) is 0 Å². The molecular weight excluding hydrogens is 274 g/mol. The Morgan fingerprint density at radius 3 is 2.67 bits per heavy atom. The first kappa shape index (κ1) is 15.0. The SMILES string of the molecule is CNC(=O)c1ccc(C)c(NCc2cccc(F)c2F)c1. The average Bonchev–Trinajstić information content (AvgIpc) is 2.49. The molecule has 5 heteroatoms. The first-order chi connectivity index (χ1) is 10.0. The summed E-state index contributed by atoms with van der Waals surface area (Å²) in [6.07, 6.45) is 0. The lowest BCUT2D eigenvalue weighted by atomic mass is 10.1. The van der Waals surface area contributed by atoms with E-state index in [1.165, 1.54) is 12.1 Å². The van der Waals surface area contributed by atoms with Gasteiger partial charge >= 0.3 is 0 Å². The van der Waals surface area contributed by atoms with Gasteiger partial charge in [-0.2, -0.15) is 0 Å². The zero-order valence-corrected chi connectivity index (χ0v) is 11.8. The van der Waals surface area contributed by atoms with Crippen molar-refractivity contribution < 1.29 is 13.6 Å². The van der Waals surface area contributed by atoms with Crippen molar-refractivity contribution >= 4 is 11.6 Å². The van der Waals surface area contributed by atoms with Gasteiger partial charge in [0.25, 0.3) is 5.91 Å². The van der Waals surface area contributed by atoms with Gasteiger partial charge in [0, 0.05) is 30.4 Å². The molecule has 0 fully saturated rings. The summed E-state index contributed by atoms with van der Waals surface area (Å²) in [5, 5.41) is 5.57. The molecule has 2 N–H and O–H groups in total. The van der Waals surface area contributed by atoms with Gasteiger partial charge in [0.1, 0.15) is 0 Å². The van der Waals surface area contributed by atoms with Crippen LogP contribution in [0.5, 0.6) is 0 Å². The van der Waals surface area contributed by atoms with Gasteiger partial charge in [-0.15, -0.1) is 0 Å². The molecule has 0 aliphatic rings. The van der Waals surface area contributed by atoms with E-state index in [4.69, 9.17) is 0 Å². The molecule has 0 spiro atoms. The molecule has 0 aliphatic heterocycles. The van der Waals surface area contributed by atoms with Crippen LogP contribution in [-0.2, 0) is 6.54 Å². The van der Waals surface area contributed by atoms with Crippen LogP contribution in [0.2, 0.25) is 0 Å². The van der Waals surface area contributed by atoms with E-state index in [-0.39, 0.29) is 18.0 Å². The molecule has 0 heterocycles. The summed E-state index contributed by atoms with van der Waals surface area (Å²) in [5.74, 6) is -1.93. The second kappa shape index (κ2) is 6.35. The van der Waals surface area contributed by atoms with E-state index in [0.29, 0.717) is 11.3 Å². The number of carbonyl (C=O) groups excluding carboxylic acids is 1. The summed E-state index contributed by atoms with van der Waals surface area (Å²) in [6, 6.07) is 9.26. The zero-order valence-electron chi connectivity index (χ0n) is 11.8. The van der Waals surface area contributed by atoms with Crippen molar-refractivity contribution in [2.24, 2.45) is 0 Å². The maximum absolute atomic E-state index is 13.6. The van der Waals surface area contributed by atoms with E-state index in [1.807, 2.05) is 6.92 Å². The van der Waals surface area contributed by atoms with Gasteiger partial charge < -0.3 is 10.6 Å². The number of hydrogen-bond acceptors (Lipinski definition) is 2. The van der Waals surface area contributed by atoms with Crippen LogP contribution in [0.3, 0.4) is 0 Å². The van der Waals surface area contributed by atoms with E-state index >= 15 is 0 Å². The van der Waals surface area contributed by atoms with Gasteiger partial charge in [0.05, 0.1) is 0 Å². The summed E-state index contributed by atoms with van der Waals surface area (Å²) < 4.78 is 26.7. The predicted molar refractivity (Wildman–Crippen MR) is 78.3 cm³/mol. The highest BCUT2D eigenvalue weighted by atomic mass is 19.2. The average molecular weight is 290 g/mol. The number of rotatable bonds is 4. The fourth-order valence-corrected chi connectivity index (χ4v) is 1.97. The number of halogens is 2. The Bertz CT molecular complexity index is 671. The summed E-state index contributed by atoms with van der Waals surface area (Å²) >= 11 is 0. The largest absolute Gasteiger partial charge is 0.381 e. The Kier molecular flexibility index (Phi) is 4.52. The van der Waals surface area contributed by atoms with Crippen LogP contribution in [0, 0.1) is 18.6 Å². The van der Waals surface area contributed by atoms with Crippen LogP contribution in [0.1, 0.15) is 21.5 Å². The van der Waals surface area contributed by atoms with E-state index in [9.17, 15) is 13.6 Å². The van der Waals surface area contributed by atoms with Crippen LogP contribution >= 0.6 is 0 Å². The molecule has 2 aromatic carbocycles. The molecule has 0 radical (unpaired) electrons.